The zero-order valence-electron chi connectivity index (χ0n) is 20.8. The van der Waals surface area contributed by atoms with Gasteiger partial charge < -0.3 is 25.7 Å². The summed E-state index contributed by atoms with van der Waals surface area (Å²) in [5.74, 6) is -0.512. The third-order valence-electron chi connectivity index (χ3n) is 6.58. The van der Waals surface area contributed by atoms with Crippen LogP contribution in [0.2, 0.25) is 0 Å². The number of nitriles is 1. The van der Waals surface area contributed by atoms with Crippen molar-refractivity contribution in [1.82, 2.24) is 20.9 Å². The molecule has 4 atom stereocenters. The molecule has 9 heteroatoms. The van der Waals surface area contributed by atoms with E-state index >= 15 is 0 Å². The van der Waals surface area contributed by atoms with Gasteiger partial charge in [0.1, 0.15) is 17.5 Å². The van der Waals surface area contributed by atoms with Gasteiger partial charge in [-0.3, -0.25) is 14.4 Å². The Labute approximate surface area is 206 Å². The number of fused-ring (bicyclic) bond motifs is 1. The van der Waals surface area contributed by atoms with E-state index in [9.17, 15) is 19.6 Å². The number of hydrogen-bond acceptors (Lipinski definition) is 5. The van der Waals surface area contributed by atoms with Crippen LogP contribution in [0.15, 0.2) is 24.3 Å². The summed E-state index contributed by atoms with van der Waals surface area (Å²) < 4.78 is 5.37. The number of amides is 3. The Morgan fingerprint density at radius 1 is 1.23 bits per heavy atom. The summed E-state index contributed by atoms with van der Waals surface area (Å²) in [7, 11) is 1.57. The van der Waals surface area contributed by atoms with Crippen LogP contribution < -0.4 is 20.7 Å². The normalized spacial score (nSPS) is 17.9. The van der Waals surface area contributed by atoms with Crippen molar-refractivity contribution in [3.8, 4) is 11.8 Å². The third-order valence-corrected chi connectivity index (χ3v) is 6.58. The van der Waals surface area contributed by atoms with Gasteiger partial charge in [0.25, 0.3) is 5.91 Å². The number of nitrogens with one attached hydrogen (secondary N) is 4. The molecule has 1 aromatic heterocycles. The van der Waals surface area contributed by atoms with Crippen LogP contribution in [0.3, 0.4) is 0 Å². The first kappa shape index (κ1) is 26.1. The Hall–Kier alpha value is -3.54. The second-order valence-electron chi connectivity index (χ2n) is 9.65. The van der Waals surface area contributed by atoms with Crippen LogP contribution in [0.1, 0.15) is 56.9 Å². The number of benzene rings is 1. The summed E-state index contributed by atoms with van der Waals surface area (Å²) in [6, 6.07) is 8.14. The highest BCUT2D eigenvalue weighted by Gasteiger charge is 2.32. The zero-order chi connectivity index (χ0) is 25.5. The van der Waals surface area contributed by atoms with E-state index in [2.05, 4.69) is 40.9 Å². The number of H-pyrrole nitrogens is 1. The number of hydrogen-bond donors (Lipinski definition) is 4. The Kier molecular flexibility index (Phi) is 8.74. The lowest BCUT2D eigenvalue weighted by molar-refractivity contribution is -0.126. The van der Waals surface area contributed by atoms with Gasteiger partial charge in [0, 0.05) is 29.4 Å². The van der Waals surface area contributed by atoms with Gasteiger partial charge in [0.2, 0.25) is 11.8 Å². The highest BCUT2D eigenvalue weighted by molar-refractivity contribution is 6.01. The van der Waals surface area contributed by atoms with Crippen LogP contribution in [0.25, 0.3) is 10.9 Å². The van der Waals surface area contributed by atoms with E-state index in [1.807, 2.05) is 18.2 Å². The molecule has 3 rings (SSSR count). The summed E-state index contributed by atoms with van der Waals surface area (Å²) in [5, 5.41) is 18.9. The van der Waals surface area contributed by atoms with Crippen molar-refractivity contribution in [1.29, 1.82) is 5.26 Å². The van der Waals surface area contributed by atoms with Gasteiger partial charge in [-0.2, -0.15) is 5.26 Å². The Morgan fingerprint density at radius 3 is 2.63 bits per heavy atom. The summed E-state index contributed by atoms with van der Waals surface area (Å²) in [6.07, 6.45) is 2.26. The van der Waals surface area contributed by atoms with E-state index in [1.54, 1.807) is 20.1 Å². The summed E-state index contributed by atoms with van der Waals surface area (Å²) in [5.41, 5.74) is 1.09. The zero-order valence-corrected chi connectivity index (χ0v) is 20.8. The van der Waals surface area contributed by atoms with Crippen molar-refractivity contribution in [2.24, 2.45) is 17.8 Å². The third kappa shape index (κ3) is 6.53. The molecule has 1 fully saturated rings. The molecule has 0 bridgehead atoms. The second-order valence-corrected chi connectivity index (χ2v) is 9.65. The molecule has 4 N–H and O–H groups in total. The standard InChI is InChI=1S/C26H35N5O4/c1-15(2)8-9-20(25(33)31-21(16(3)14-27)12-17-10-11-28-24(17)32)30-26(34)22-13-18-19(29-22)6-5-7-23(18)35-4/h5-7,13,15-17,20-21,29H,8-12H2,1-4H3,(H,28,32)(H,30,34)(H,31,33)/t16?,17-,20-,21-/m0/s1. The van der Waals surface area contributed by atoms with Gasteiger partial charge in [-0.15, -0.1) is 0 Å². The number of rotatable bonds is 11. The predicted octanol–water partition coefficient (Wildman–Crippen LogP) is 2.88. The molecule has 1 aromatic carbocycles. The molecule has 9 nitrogen and oxygen atoms in total. The SMILES string of the molecule is COc1cccc2[nH]c(C(=O)N[C@@H](CCC(C)C)C(=O)N[C@@H](C[C@@H]3CCNC3=O)C(C)C#N)cc12. The van der Waals surface area contributed by atoms with Gasteiger partial charge in [0.15, 0.2) is 0 Å². The summed E-state index contributed by atoms with van der Waals surface area (Å²) in [4.78, 5) is 41.6. The van der Waals surface area contributed by atoms with Crippen LogP contribution in [0, 0.1) is 29.1 Å². The second kappa shape index (κ2) is 11.7. The van der Waals surface area contributed by atoms with E-state index in [4.69, 9.17) is 4.74 Å². The van der Waals surface area contributed by atoms with Crippen molar-refractivity contribution in [2.45, 2.75) is 58.5 Å². The van der Waals surface area contributed by atoms with Gasteiger partial charge in [-0.1, -0.05) is 19.9 Å². The molecule has 0 radical (unpaired) electrons. The molecule has 1 aliphatic heterocycles. The smallest absolute Gasteiger partial charge is 0.268 e. The largest absolute Gasteiger partial charge is 0.496 e. The molecule has 35 heavy (non-hydrogen) atoms. The van der Waals surface area contributed by atoms with Crippen molar-refractivity contribution >= 4 is 28.6 Å². The minimum Gasteiger partial charge on any atom is -0.496 e. The van der Waals surface area contributed by atoms with E-state index in [-0.39, 0.29) is 17.7 Å². The highest BCUT2D eigenvalue weighted by atomic mass is 16.5. The average molecular weight is 482 g/mol. The summed E-state index contributed by atoms with van der Waals surface area (Å²) in [6.45, 7) is 6.45. The topological polar surface area (TPSA) is 136 Å². The lowest BCUT2D eigenvalue weighted by Crippen LogP contribution is -2.51. The first-order valence-corrected chi connectivity index (χ1v) is 12.2. The van der Waals surface area contributed by atoms with Crippen molar-refractivity contribution < 1.29 is 19.1 Å². The molecule has 0 saturated carbocycles. The molecule has 188 valence electrons. The fourth-order valence-corrected chi connectivity index (χ4v) is 4.37. The maximum Gasteiger partial charge on any atom is 0.268 e. The number of carbonyl (C=O) groups is 3. The summed E-state index contributed by atoms with van der Waals surface area (Å²) >= 11 is 0. The van der Waals surface area contributed by atoms with Gasteiger partial charge >= 0.3 is 0 Å². The first-order valence-electron chi connectivity index (χ1n) is 12.2. The van der Waals surface area contributed by atoms with Gasteiger partial charge in [0.05, 0.1) is 19.1 Å². The molecule has 3 amide bonds. The number of nitrogens with zero attached hydrogens (tertiary/aromatic N) is 1. The van der Waals surface area contributed by atoms with E-state index in [0.29, 0.717) is 43.2 Å². The monoisotopic (exact) mass is 481 g/mol. The van der Waals surface area contributed by atoms with E-state index in [1.165, 1.54) is 0 Å². The predicted molar refractivity (Wildman–Crippen MR) is 133 cm³/mol. The quantitative estimate of drug-likeness (QED) is 0.391. The first-order chi connectivity index (χ1) is 16.7. The molecule has 0 spiro atoms. The van der Waals surface area contributed by atoms with Crippen molar-refractivity contribution in [3.05, 3.63) is 30.0 Å². The molecule has 0 aliphatic carbocycles. The van der Waals surface area contributed by atoms with E-state index in [0.717, 1.165) is 17.3 Å². The molecule has 1 aliphatic rings. The maximum absolute atomic E-state index is 13.3. The molecular weight excluding hydrogens is 446 g/mol. The van der Waals surface area contributed by atoms with E-state index < -0.39 is 23.9 Å². The van der Waals surface area contributed by atoms with Gasteiger partial charge in [-0.25, -0.2) is 0 Å². The number of aromatic nitrogens is 1. The van der Waals surface area contributed by atoms with Crippen LogP contribution >= 0.6 is 0 Å². The maximum atomic E-state index is 13.3. The average Bonchev–Trinajstić information content (AvgIpc) is 3.46. The van der Waals surface area contributed by atoms with Gasteiger partial charge in [-0.05, 0) is 56.7 Å². The highest BCUT2D eigenvalue weighted by Crippen LogP contribution is 2.26. The number of ether oxygens (including phenoxy) is 1. The minimum absolute atomic E-state index is 0.0479. The fourth-order valence-electron chi connectivity index (χ4n) is 4.37. The molecule has 1 unspecified atom stereocenters. The Balaban J connectivity index is 1.76. The lowest BCUT2D eigenvalue weighted by atomic mass is 9.90. The molecule has 2 heterocycles. The molecule has 1 saturated heterocycles. The van der Waals surface area contributed by atoms with Crippen molar-refractivity contribution in [3.63, 3.8) is 0 Å². The van der Waals surface area contributed by atoms with Crippen LogP contribution in [0.4, 0.5) is 0 Å². The van der Waals surface area contributed by atoms with Crippen molar-refractivity contribution in [2.75, 3.05) is 13.7 Å². The van der Waals surface area contributed by atoms with Crippen LogP contribution in [0.5, 0.6) is 5.75 Å². The minimum atomic E-state index is -0.774. The Bertz CT molecular complexity index is 1100. The lowest BCUT2D eigenvalue weighted by Gasteiger charge is -2.26. The number of carbonyl (C=O) groups excluding carboxylic acids is 3. The molecular formula is C26H35N5O4. The number of methoxy groups -OCH3 is 1. The van der Waals surface area contributed by atoms with Crippen LogP contribution in [-0.2, 0) is 9.59 Å². The fraction of sp³-hybridized carbons (Fsp3) is 0.538. The Morgan fingerprint density at radius 2 is 2.00 bits per heavy atom. The molecule has 2 aromatic rings. The number of aromatic amines is 1. The van der Waals surface area contributed by atoms with Crippen LogP contribution in [-0.4, -0.2) is 48.4 Å².